The molecule has 1 aromatic heterocycles. The average molecular weight is 321 g/mol. The van der Waals surface area contributed by atoms with Gasteiger partial charge in [0.1, 0.15) is 0 Å². The zero-order valence-electron chi connectivity index (χ0n) is 13.5. The van der Waals surface area contributed by atoms with Crippen molar-refractivity contribution >= 4 is 17.2 Å². The summed E-state index contributed by atoms with van der Waals surface area (Å²) in [5.74, 6) is 0.133. The van der Waals surface area contributed by atoms with Crippen molar-refractivity contribution in [3.8, 4) is 0 Å². The Balaban J connectivity index is 1.77. The van der Waals surface area contributed by atoms with Crippen LogP contribution in [-0.4, -0.2) is 54.5 Å². The Kier molecular flexibility index (Phi) is 7.09. The number of likely N-dealkylation sites (tertiary alicyclic amines) is 1. The summed E-state index contributed by atoms with van der Waals surface area (Å²) < 4.78 is 0. The van der Waals surface area contributed by atoms with Gasteiger partial charge in [-0.15, -0.1) is 17.9 Å². The van der Waals surface area contributed by atoms with Crippen LogP contribution in [0.5, 0.6) is 0 Å². The van der Waals surface area contributed by atoms with Gasteiger partial charge in [0.25, 0.3) is 0 Å². The molecule has 122 valence electrons. The fraction of sp³-hybridized carbons (Fsp3) is 0.588. The normalized spacial score (nSPS) is 16.8. The van der Waals surface area contributed by atoms with Crippen molar-refractivity contribution < 1.29 is 4.79 Å². The van der Waals surface area contributed by atoms with E-state index in [1.54, 1.807) is 11.3 Å². The van der Waals surface area contributed by atoms with Crippen molar-refractivity contribution in [2.24, 2.45) is 0 Å². The molecule has 2 heterocycles. The second-order valence-electron chi connectivity index (χ2n) is 5.81. The molecular weight excluding hydrogens is 294 g/mol. The maximum atomic E-state index is 12.3. The van der Waals surface area contributed by atoms with E-state index in [4.69, 9.17) is 0 Å². The predicted molar refractivity (Wildman–Crippen MR) is 93.1 cm³/mol. The Morgan fingerprint density at radius 2 is 2.32 bits per heavy atom. The van der Waals surface area contributed by atoms with Crippen molar-refractivity contribution in [3.63, 3.8) is 0 Å². The van der Waals surface area contributed by atoms with Gasteiger partial charge in [-0.25, -0.2) is 0 Å². The Bertz CT molecular complexity index is 452. The molecule has 0 aromatic carbocycles. The largest absolute Gasteiger partial charge is 0.352 e. The number of piperidine rings is 1. The van der Waals surface area contributed by atoms with E-state index < -0.39 is 0 Å². The van der Waals surface area contributed by atoms with Crippen molar-refractivity contribution in [2.75, 3.05) is 32.7 Å². The fourth-order valence-electron chi connectivity index (χ4n) is 2.86. The maximum Gasteiger partial charge on any atom is 0.234 e. The molecule has 1 saturated heterocycles. The first kappa shape index (κ1) is 17.2. The Morgan fingerprint density at radius 1 is 1.55 bits per heavy atom. The molecule has 1 fully saturated rings. The third-order valence-corrected chi connectivity index (χ3v) is 4.98. The maximum absolute atomic E-state index is 12.3. The van der Waals surface area contributed by atoms with E-state index in [0.29, 0.717) is 12.6 Å². The predicted octanol–water partition coefficient (Wildman–Crippen LogP) is 2.34. The van der Waals surface area contributed by atoms with Gasteiger partial charge in [-0.3, -0.25) is 9.69 Å². The highest BCUT2D eigenvalue weighted by Crippen LogP contribution is 2.12. The summed E-state index contributed by atoms with van der Waals surface area (Å²) in [5, 5.41) is 5.27. The topological polar surface area (TPSA) is 35.6 Å². The van der Waals surface area contributed by atoms with Gasteiger partial charge in [-0.1, -0.05) is 19.1 Å². The summed E-state index contributed by atoms with van der Waals surface area (Å²) in [7, 11) is 0. The van der Waals surface area contributed by atoms with Crippen LogP contribution in [0.2, 0.25) is 0 Å². The molecule has 4 nitrogen and oxygen atoms in total. The van der Waals surface area contributed by atoms with Gasteiger partial charge in [-0.2, -0.15) is 0 Å². The fourth-order valence-corrected chi connectivity index (χ4v) is 3.61. The lowest BCUT2D eigenvalue weighted by molar-refractivity contribution is -0.123. The van der Waals surface area contributed by atoms with Crippen LogP contribution in [0.15, 0.2) is 30.2 Å². The van der Waals surface area contributed by atoms with E-state index in [1.807, 2.05) is 12.1 Å². The molecule has 0 atom stereocenters. The second kappa shape index (κ2) is 9.08. The van der Waals surface area contributed by atoms with Gasteiger partial charge < -0.3 is 10.2 Å². The summed E-state index contributed by atoms with van der Waals surface area (Å²) in [6, 6.07) is 4.50. The minimum atomic E-state index is 0.133. The molecule has 0 radical (unpaired) electrons. The lowest BCUT2D eigenvalue weighted by Gasteiger charge is -2.32. The van der Waals surface area contributed by atoms with Gasteiger partial charge >= 0.3 is 0 Å². The summed E-state index contributed by atoms with van der Waals surface area (Å²) in [6.45, 7) is 11.3. The molecule has 1 aromatic rings. The highest BCUT2D eigenvalue weighted by Gasteiger charge is 2.20. The summed E-state index contributed by atoms with van der Waals surface area (Å²) in [4.78, 5) is 18.1. The van der Waals surface area contributed by atoms with Crippen molar-refractivity contribution in [3.05, 3.63) is 35.0 Å². The molecule has 1 N–H and O–H groups in total. The van der Waals surface area contributed by atoms with Crippen molar-refractivity contribution in [1.29, 1.82) is 0 Å². The second-order valence-corrected chi connectivity index (χ2v) is 6.85. The molecular formula is C17H27N3OS. The molecule has 5 heteroatoms. The molecule has 1 aliphatic heterocycles. The van der Waals surface area contributed by atoms with Gasteiger partial charge in [0.15, 0.2) is 0 Å². The number of amides is 1. The van der Waals surface area contributed by atoms with Crippen molar-refractivity contribution in [2.45, 2.75) is 32.4 Å². The summed E-state index contributed by atoms with van der Waals surface area (Å²) in [5.41, 5.74) is 0. The number of nitrogens with one attached hydrogen (secondary N) is 1. The molecule has 0 saturated carbocycles. The van der Waals surface area contributed by atoms with Crippen LogP contribution in [0, 0.1) is 0 Å². The molecule has 0 spiro atoms. The lowest BCUT2D eigenvalue weighted by Crippen LogP contribution is -2.47. The highest BCUT2D eigenvalue weighted by atomic mass is 32.1. The van der Waals surface area contributed by atoms with Crippen LogP contribution < -0.4 is 5.32 Å². The van der Waals surface area contributed by atoms with E-state index in [2.05, 4.69) is 40.1 Å². The first-order valence-electron chi connectivity index (χ1n) is 8.08. The molecule has 0 unspecified atom stereocenters. The lowest BCUT2D eigenvalue weighted by atomic mass is 10.1. The van der Waals surface area contributed by atoms with Gasteiger partial charge in [0.2, 0.25) is 5.91 Å². The van der Waals surface area contributed by atoms with Gasteiger partial charge in [0, 0.05) is 37.1 Å². The third kappa shape index (κ3) is 5.55. The average Bonchev–Trinajstić information content (AvgIpc) is 3.01. The minimum Gasteiger partial charge on any atom is -0.352 e. The molecule has 0 bridgehead atoms. The summed E-state index contributed by atoms with van der Waals surface area (Å²) >= 11 is 1.73. The van der Waals surface area contributed by atoms with Crippen LogP contribution in [0.3, 0.4) is 0 Å². The zero-order valence-corrected chi connectivity index (χ0v) is 14.3. The smallest absolute Gasteiger partial charge is 0.234 e. The molecule has 1 aliphatic rings. The SMILES string of the molecule is C=CCN(CC(=O)NC1CCN(CC)CC1)Cc1cccs1. The number of rotatable bonds is 8. The summed E-state index contributed by atoms with van der Waals surface area (Å²) in [6.07, 6.45) is 3.98. The molecule has 1 amide bonds. The zero-order chi connectivity index (χ0) is 15.8. The Hall–Kier alpha value is -1.17. The number of hydrogen-bond donors (Lipinski definition) is 1. The standard InChI is InChI=1S/C17H27N3OS/c1-3-9-20(13-16-6-5-12-22-16)14-17(21)18-15-7-10-19(4-2)11-8-15/h3,5-6,12,15H,1,4,7-11,13-14H2,2H3,(H,18,21). The Labute approximate surface area is 137 Å². The van der Waals surface area contributed by atoms with Crippen molar-refractivity contribution in [1.82, 2.24) is 15.1 Å². The third-order valence-electron chi connectivity index (χ3n) is 4.11. The van der Waals surface area contributed by atoms with Gasteiger partial charge in [0.05, 0.1) is 6.54 Å². The number of carbonyl (C=O) groups is 1. The minimum absolute atomic E-state index is 0.133. The number of nitrogens with zero attached hydrogens (tertiary/aromatic N) is 2. The quantitative estimate of drug-likeness (QED) is 0.747. The Morgan fingerprint density at radius 3 is 2.91 bits per heavy atom. The van der Waals surface area contributed by atoms with E-state index in [0.717, 1.165) is 45.6 Å². The van der Waals surface area contributed by atoms with E-state index in [1.165, 1.54) is 4.88 Å². The first-order valence-corrected chi connectivity index (χ1v) is 8.96. The highest BCUT2D eigenvalue weighted by molar-refractivity contribution is 7.09. The van der Waals surface area contributed by atoms with Crippen LogP contribution in [0.25, 0.3) is 0 Å². The molecule has 0 aliphatic carbocycles. The first-order chi connectivity index (χ1) is 10.7. The molecule has 22 heavy (non-hydrogen) atoms. The number of thiophene rings is 1. The van der Waals surface area contributed by atoms with E-state index >= 15 is 0 Å². The van der Waals surface area contributed by atoms with E-state index in [-0.39, 0.29) is 5.91 Å². The molecule has 2 rings (SSSR count). The van der Waals surface area contributed by atoms with Crippen LogP contribution >= 0.6 is 11.3 Å². The number of carbonyl (C=O) groups excluding carboxylic acids is 1. The van der Waals surface area contributed by atoms with Crippen LogP contribution in [0.4, 0.5) is 0 Å². The van der Waals surface area contributed by atoms with Gasteiger partial charge in [-0.05, 0) is 30.8 Å². The van der Waals surface area contributed by atoms with Crippen LogP contribution in [0.1, 0.15) is 24.6 Å². The monoisotopic (exact) mass is 321 g/mol. The van der Waals surface area contributed by atoms with E-state index in [9.17, 15) is 4.79 Å². The number of hydrogen-bond acceptors (Lipinski definition) is 4. The van der Waals surface area contributed by atoms with Crippen LogP contribution in [-0.2, 0) is 11.3 Å².